The molecule has 23 heavy (non-hydrogen) atoms. The first-order valence-corrected chi connectivity index (χ1v) is 8.49. The molecule has 1 aromatic heterocycles. The van der Waals surface area contributed by atoms with Crippen LogP contribution in [0.3, 0.4) is 0 Å². The summed E-state index contributed by atoms with van der Waals surface area (Å²) in [6.07, 6.45) is 6.12. The number of carbonyl (C=O) groups excluding carboxylic acids is 1. The van der Waals surface area contributed by atoms with E-state index in [-0.39, 0.29) is 18.2 Å². The number of aryl methyl sites for hydroxylation is 1. The van der Waals surface area contributed by atoms with E-state index in [9.17, 15) is 4.79 Å². The summed E-state index contributed by atoms with van der Waals surface area (Å²) in [5.74, 6) is 0. The lowest BCUT2D eigenvalue weighted by Gasteiger charge is -2.45. The Labute approximate surface area is 138 Å². The Morgan fingerprint density at radius 1 is 1.30 bits per heavy atom. The van der Waals surface area contributed by atoms with Gasteiger partial charge in [0.2, 0.25) is 0 Å². The number of piperidine rings is 1. The van der Waals surface area contributed by atoms with Crippen molar-refractivity contribution in [2.75, 3.05) is 0 Å². The van der Waals surface area contributed by atoms with Crippen molar-refractivity contribution in [3.63, 3.8) is 0 Å². The zero-order valence-corrected chi connectivity index (χ0v) is 14.5. The number of carbonyl (C=O) groups is 1. The van der Waals surface area contributed by atoms with Crippen molar-refractivity contribution in [3.8, 4) is 0 Å². The molecule has 3 heterocycles. The van der Waals surface area contributed by atoms with Gasteiger partial charge >= 0.3 is 6.09 Å². The molecule has 2 bridgehead atoms. The van der Waals surface area contributed by atoms with Crippen molar-refractivity contribution in [2.24, 2.45) is 0 Å². The third kappa shape index (κ3) is 3.57. The van der Waals surface area contributed by atoms with Crippen LogP contribution in [0, 0.1) is 6.92 Å². The van der Waals surface area contributed by atoms with Gasteiger partial charge in [-0.05, 0) is 71.1 Å². The van der Waals surface area contributed by atoms with Gasteiger partial charge in [-0.2, -0.15) is 0 Å². The third-order valence-electron chi connectivity index (χ3n) is 4.46. The number of hydrogen-bond donors (Lipinski definition) is 0. The lowest BCUT2D eigenvalue weighted by Crippen LogP contribution is -2.53. The number of hydrogen-bond acceptors (Lipinski definition) is 3. The van der Waals surface area contributed by atoms with E-state index >= 15 is 0 Å². The average Bonchev–Trinajstić information content (AvgIpc) is 2.44. The minimum Gasteiger partial charge on any atom is -0.444 e. The van der Waals surface area contributed by atoms with Crippen LogP contribution in [0.25, 0.3) is 5.57 Å². The molecule has 2 aliphatic heterocycles. The molecule has 0 aromatic carbocycles. The van der Waals surface area contributed by atoms with E-state index < -0.39 is 5.60 Å². The highest BCUT2D eigenvalue weighted by atomic mass is 16.6. The van der Waals surface area contributed by atoms with E-state index in [1.807, 2.05) is 38.7 Å². The Balaban J connectivity index is 1.86. The van der Waals surface area contributed by atoms with Crippen molar-refractivity contribution in [1.29, 1.82) is 0 Å². The minimum absolute atomic E-state index is 0.134. The van der Waals surface area contributed by atoms with Crippen molar-refractivity contribution in [1.82, 2.24) is 9.88 Å². The van der Waals surface area contributed by atoms with Crippen LogP contribution in [0.4, 0.5) is 4.79 Å². The molecule has 0 N–H and O–H groups in total. The Kier molecular flexibility index (Phi) is 4.17. The lowest BCUT2D eigenvalue weighted by molar-refractivity contribution is 0.0000655. The number of amides is 1. The summed E-state index contributed by atoms with van der Waals surface area (Å²) < 4.78 is 5.62. The second-order valence-electron chi connectivity index (χ2n) is 7.60. The molecule has 3 rings (SSSR count). The summed E-state index contributed by atoms with van der Waals surface area (Å²) in [7, 11) is 0. The largest absolute Gasteiger partial charge is 0.444 e. The fraction of sp³-hybridized carbons (Fsp3) is 0.579. The predicted molar refractivity (Wildman–Crippen MR) is 91.1 cm³/mol. The summed E-state index contributed by atoms with van der Waals surface area (Å²) >= 11 is 0. The minimum atomic E-state index is -0.451. The lowest BCUT2D eigenvalue weighted by atomic mass is 9.84. The topological polar surface area (TPSA) is 42.4 Å². The van der Waals surface area contributed by atoms with E-state index in [2.05, 4.69) is 23.2 Å². The van der Waals surface area contributed by atoms with E-state index in [1.54, 1.807) is 0 Å². The first kappa shape index (κ1) is 16.0. The quantitative estimate of drug-likeness (QED) is 0.774. The van der Waals surface area contributed by atoms with Crippen LogP contribution in [0.5, 0.6) is 0 Å². The van der Waals surface area contributed by atoms with Gasteiger partial charge in [-0.3, -0.25) is 9.88 Å². The van der Waals surface area contributed by atoms with Gasteiger partial charge in [-0.1, -0.05) is 12.1 Å². The maximum absolute atomic E-state index is 12.6. The maximum Gasteiger partial charge on any atom is 0.411 e. The van der Waals surface area contributed by atoms with Crippen molar-refractivity contribution >= 4 is 11.7 Å². The van der Waals surface area contributed by atoms with Gasteiger partial charge < -0.3 is 4.74 Å². The first-order chi connectivity index (χ1) is 10.8. The van der Waals surface area contributed by atoms with Gasteiger partial charge in [0.25, 0.3) is 0 Å². The Bertz CT molecular complexity index is 631. The molecule has 0 spiro atoms. The normalized spacial score (nSPS) is 24.2. The summed E-state index contributed by atoms with van der Waals surface area (Å²) in [6, 6.07) is 6.49. The fourth-order valence-electron chi connectivity index (χ4n) is 3.54. The molecular weight excluding hydrogens is 288 g/mol. The van der Waals surface area contributed by atoms with Crippen LogP contribution in [0.15, 0.2) is 24.3 Å². The average molecular weight is 314 g/mol. The number of aromatic nitrogens is 1. The SMILES string of the molecule is Cc1cccc(C2=CC3CCCC(C2)N3C(=O)OC(C)(C)C)n1. The standard InChI is InChI=1S/C19H26N2O2/c1-13-7-5-10-17(20-13)14-11-15-8-6-9-16(12-14)21(15)18(22)23-19(2,3)4/h5,7,10-11,15-16H,6,8-9,12H2,1-4H3. The molecule has 2 atom stereocenters. The summed E-state index contributed by atoms with van der Waals surface area (Å²) in [5, 5.41) is 0. The van der Waals surface area contributed by atoms with Crippen LogP contribution in [0.1, 0.15) is 57.8 Å². The number of fused-ring (bicyclic) bond motifs is 2. The molecule has 2 unspecified atom stereocenters. The van der Waals surface area contributed by atoms with Crippen molar-refractivity contribution in [3.05, 3.63) is 35.7 Å². The third-order valence-corrected chi connectivity index (χ3v) is 4.46. The second kappa shape index (κ2) is 5.99. The summed E-state index contributed by atoms with van der Waals surface area (Å²) in [6.45, 7) is 7.77. The molecule has 4 nitrogen and oxygen atoms in total. The molecule has 1 aromatic rings. The molecule has 0 aliphatic carbocycles. The number of pyridine rings is 1. The highest BCUT2D eigenvalue weighted by molar-refractivity contribution is 5.74. The fourth-order valence-corrected chi connectivity index (χ4v) is 3.54. The van der Waals surface area contributed by atoms with E-state index in [0.717, 1.165) is 30.7 Å². The summed E-state index contributed by atoms with van der Waals surface area (Å²) in [4.78, 5) is 19.2. The molecule has 0 radical (unpaired) electrons. The Hall–Kier alpha value is -1.84. The highest BCUT2D eigenvalue weighted by Gasteiger charge is 2.39. The maximum atomic E-state index is 12.6. The Morgan fingerprint density at radius 2 is 2.09 bits per heavy atom. The molecule has 2 aliphatic rings. The van der Waals surface area contributed by atoms with Gasteiger partial charge in [-0.25, -0.2) is 4.79 Å². The van der Waals surface area contributed by atoms with E-state index in [1.165, 1.54) is 12.0 Å². The predicted octanol–water partition coefficient (Wildman–Crippen LogP) is 4.34. The highest BCUT2D eigenvalue weighted by Crippen LogP contribution is 2.37. The summed E-state index contributed by atoms with van der Waals surface area (Å²) in [5.41, 5.74) is 2.89. The van der Waals surface area contributed by atoms with Crippen LogP contribution in [-0.2, 0) is 4.74 Å². The van der Waals surface area contributed by atoms with Crippen LogP contribution in [0.2, 0.25) is 0 Å². The second-order valence-corrected chi connectivity index (χ2v) is 7.60. The molecule has 124 valence electrons. The smallest absolute Gasteiger partial charge is 0.411 e. The number of nitrogens with zero attached hydrogens (tertiary/aromatic N) is 2. The van der Waals surface area contributed by atoms with Crippen LogP contribution < -0.4 is 0 Å². The van der Waals surface area contributed by atoms with Gasteiger partial charge in [0.05, 0.1) is 11.7 Å². The molecule has 4 heteroatoms. The molecular formula is C19H26N2O2. The van der Waals surface area contributed by atoms with Crippen LogP contribution >= 0.6 is 0 Å². The van der Waals surface area contributed by atoms with Gasteiger partial charge in [0.1, 0.15) is 5.60 Å². The number of ether oxygens (including phenoxy) is 1. The van der Waals surface area contributed by atoms with E-state index in [0.29, 0.717) is 0 Å². The van der Waals surface area contributed by atoms with Gasteiger partial charge in [0.15, 0.2) is 0 Å². The van der Waals surface area contributed by atoms with Crippen molar-refractivity contribution in [2.45, 2.75) is 71.1 Å². The van der Waals surface area contributed by atoms with Gasteiger partial charge in [-0.15, -0.1) is 0 Å². The molecule has 1 fully saturated rings. The molecule has 1 amide bonds. The zero-order valence-electron chi connectivity index (χ0n) is 14.5. The van der Waals surface area contributed by atoms with E-state index in [4.69, 9.17) is 4.74 Å². The first-order valence-electron chi connectivity index (χ1n) is 8.49. The molecule has 1 saturated heterocycles. The molecule has 0 saturated carbocycles. The van der Waals surface area contributed by atoms with Crippen LogP contribution in [-0.4, -0.2) is 33.7 Å². The van der Waals surface area contributed by atoms with Gasteiger partial charge in [0, 0.05) is 11.7 Å². The Morgan fingerprint density at radius 3 is 2.74 bits per heavy atom. The monoisotopic (exact) mass is 314 g/mol. The zero-order chi connectivity index (χ0) is 16.6. The van der Waals surface area contributed by atoms with Crippen molar-refractivity contribution < 1.29 is 9.53 Å². The number of rotatable bonds is 1.